The number of likely N-dealkylation sites (tertiary alicyclic amines) is 1. The highest BCUT2D eigenvalue weighted by Crippen LogP contribution is 2.30. The molecule has 1 fully saturated rings. The molecular formula is C22H30N4O5S. The fourth-order valence-corrected chi connectivity index (χ4v) is 5.54. The second-order valence-corrected chi connectivity index (χ2v) is 10.9. The van der Waals surface area contributed by atoms with E-state index in [4.69, 9.17) is 0 Å². The Kier molecular flexibility index (Phi) is 6.64. The van der Waals surface area contributed by atoms with Crippen molar-refractivity contribution in [2.24, 2.45) is 5.41 Å². The number of rotatable bonds is 5. The monoisotopic (exact) mass is 462 g/mol. The Morgan fingerprint density at radius 2 is 1.88 bits per heavy atom. The van der Waals surface area contributed by atoms with Crippen LogP contribution < -0.4 is 10.6 Å². The van der Waals surface area contributed by atoms with Crippen molar-refractivity contribution in [2.45, 2.75) is 57.5 Å². The summed E-state index contributed by atoms with van der Waals surface area (Å²) in [6.45, 7) is 8.35. The van der Waals surface area contributed by atoms with Crippen molar-refractivity contribution in [3.63, 3.8) is 0 Å². The molecule has 0 bridgehead atoms. The molecular weight excluding hydrogens is 432 g/mol. The minimum atomic E-state index is -4.02. The molecule has 2 N–H and O–H groups in total. The van der Waals surface area contributed by atoms with Crippen molar-refractivity contribution in [1.29, 1.82) is 0 Å². The van der Waals surface area contributed by atoms with Gasteiger partial charge in [0.2, 0.25) is 17.7 Å². The molecule has 0 aliphatic carbocycles. The highest BCUT2D eigenvalue weighted by Gasteiger charge is 2.40. The third-order valence-electron chi connectivity index (χ3n) is 6.04. The lowest BCUT2D eigenvalue weighted by Gasteiger charge is -2.44. The van der Waals surface area contributed by atoms with Gasteiger partial charge in [-0.3, -0.25) is 18.7 Å². The first-order valence-electron chi connectivity index (χ1n) is 10.5. The maximum atomic E-state index is 13.2. The lowest BCUT2D eigenvalue weighted by Crippen LogP contribution is -2.57. The van der Waals surface area contributed by atoms with Crippen LogP contribution in [-0.2, 0) is 24.4 Å². The largest absolute Gasteiger partial charge is 0.353 e. The summed E-state index contributed by atoms with van der Waals surface area (Å²) in [6.07, 6.45) is 2.79. The van der Waals surface area contributed by atoms with Crippen molar-refractivity contribution in [3.05, 3.63) is 42.2 Å². The van der Waals surface area contributed by atoms with Gasteiger partial charge in [-0.1, -0.05) is 31.5 Å². The fourth-order valence-electron chi connectivity index (χ4n) is 4.09. The first-order valence-corrected chi connectivity index (χ1v) is 12.0. The van der Waals surface area contributed by atoms with E-state index in [1.165, 1.54) is 31.5 Å². The summed E-state index contributed by atoms with van der Waals surface area (Å²) in [5.41, 5.74) is 0.548. The molecule has 0 saturated carbocycles. The van der Waals surface area contributed by atoms with Gasteiger partial charge < -0.3 is 15.5 Å². The van der Waals surface area contributed by atoms with Gasteiger partial charge in [0.15, 0.2) is 0 Å². The van der Waals surface area contributed by atoms with Crippen LogP contribution in [0.2, 0.25) is 0 Å². The van der Waals surface area contributed by atoms with Crippen molar-refractivity contribution in [1.82, 2.24) is 19.8 Å². The summed E-state index contributed by atoms with van der Waals surface area (Å²) in [5.74, 6) is -0.992. The molecule has 0 spiro atoms. The standard InChI is InChI=1S/C22H30N4O5S/c1-15-5-7-17(8-6-15)32(30,31)26-12-10-23-21(29)18(26)13-20(28)24-19-9-11-25(16(2)27)14-22(19,3)4/h5-8,10,12,18-19H,9,11,13-14H2,1-4H3,(H,23,29)(H,24,28)/t18-,19-/m1/s1. The Balaban J connectivity index is 1.75. The molecule has 2 aliphatic heterocycles. The van der Waals surface area contributed by atoms with Gasteiger partial charge in [-0.15, -0.1) is 0 Å². The molecule has 1 aromatic rings. The third-order valence-corrected chi connectivity index (χ3v) is 7.84. The first kappa shape index (κ1) is 23.8. The average Bonchev–Trinajstić information content (AvgIpc) is 2.71. The van der Waals surface area contributed by atoms with E-state index in [9.17, 15) is 22.8 Å². The summed E-state index contributed by atoms with van der Waals surface area (Å²) >= 11 is 0. The Bertz CT molecular complexity index is 1030. The van der Waals surface area contributed by atoms with E-state index in [0.29, 0.717) is 19.5 Å². The van der Waals surface area contributed by atoms with E-state index in [2.05, 4.69) is 10.6 Å². The number of carbonyl (C=O) groups is 3. The minimum absolute atomic E-state index is 0.00882. The maximum Gasteiger partial charge on any atom is 0.264 e. The first-order chi connectivity index (χ1) is 14.9. The maximum absolute atomic E-state index is 13.2. The van der Waals surface area contributed by atoms with E-state index in [1.807, 2.05) is 20.8 Å². The number of carbonyl (C=O) groups excluding carboxylic acids is 3. The minimum Gasteiger partial charge on any atom is -0.353 e. The smallest absolute Gasteiger partial charge is 0.264 e. The fraction of sp³-hybridized carbons (Fsp3) is 0.500. The quantitative estimate of drug-likeness (QED) is 0.680. The van der Waals surface area contributed by atoms with Gasteiger partial charge in [0.05, 0.1) is 11.3 Å². The van der Waals surface area contributed by atoms with Crippen LogP contribution in [0.5, 0.6) is 0 Å². The second-order valence-electron chi connectivity index (χ2n) is 9.03. The Hall–Kier alpha value is -2.88. The molecule has 0 unspecified atom stereocenters. The van der Waals surface area contributed by atoms with Crippen LogP contribution in [0, 0.1) is 12.3 Å². The number of aryl methyl sites for hydroxylation is 1. The van der Waals surface area contributed by atoms with Crippen LogP contribution in [0.1, 0.15) is 39.2 Å². The van der Waals surface area contributed by atoms with Gasteiger partial charge in [-0.25, -0.2) is 8.42 Å². The molecule has 1 saturated heterocycles. The number of amides is 3. The number of sulfonamides is 1. The zero-order chi connectivity index (χ0) is 23.7. The molecule has 0 radical (unpaired) electrons. The van der Waals surface area contributed by atoms with Gasteiger partial charge in [-0.05, 0) is 25.5 Å². The molecule has 2 atom stereocenters. The lowest BCUT2D eigenvalue weighted by atomic mass is 9.79. The highest BCUT2D eigenvalue weighted by molar-refractivity contribution is 7.89. The molecule has 0 aromatic heterocycles. The topological polar surface area (TPSA) is 116 Å². The number of benzene rings is 1. The van der Waals surface area contributed by atoms with E-state index >= 15 is 0 Å². The third kappa shape index (κ3) is 4.95. The molecule has 174 valence electrons. The van der Waals surface area contributed by atoms with Crippen molar-refractivity contribution in [3.8, 4) is 0 Å². The molecule has 3 amide bonds. The Morgan fingerprint density at radius 3 is 2.47 bits per heavy atom. The summed E-state index contributed by atoms with van der Waals surface area (Å²) in [5, 5.41) is 5.44. The molecule has 2 aliphatic rings. The van der Waals surface area contributed by atoms with E-state index < -0.39 is 27.9 Å². The molecule has 2 heterocycles. The molecule has 10 heteroatoms. The van der Waals surface area contributed by atoms with Crippen LogP contribution in [-0.4, -0.2) is 60.5 Å². The Morgan fingerprint density at radius 1 is 1.22 bits per heavy atom. The van der Waals surface area contributed by atoms with E-state index in [-0.39, 0.29) is 28.7 Å². The molecule has 1 aromatic carbocycles. The van der Waals surface area contributed by atoms with Crippen LogP contribution in [0.25, 0.3) is 0 Å². The lowest BCUT2D eigenvalue weighted by molar-refractivity contribution is -0.134. The van der Waals surface area contributed by atoms with Crippen molar-refractivity contribution in [2.75, 3.05) is 13.1 Å². The number of hydrogen-bond donors (Lipinski definition) is 2. The van der Waals surface area contributed by atoms with E-state index in [1.54, 1.807) is 17.0 Å². The van der Waals surface area contributed by atoms with Crippen LogP contribution >= 0.6 is 0 Å². The summed E-state index contributed by atoms with van der Waals surface area (Å²) in [4.78, 5) is 38.9. The summed E-state index contributed by atoms with van der Waals surface area (Å²) in [6, 6.07) is 4.91. The van der Waals surface area contributed by atoms with Crippen LogP contribution in [0.3, 0.4) is 0 Å². The number of piperidine rings is 1. The second kappa shape index (κ2) is 8.93. The predicted molar refractivity (Wildman–Crippen MR) is 118 cm³/mol. The average molecular weight is 463 g/mol. The van der Waals surface area contributed by atoms with E-state index in [0.717, 1.165) is 9.87 Å². The number of hydrogen-bond acceptors (Lipinski definition) is 5. The molecule has 9 nitrogen and oxygen atoms in total. The van der Waals surface area contributed by atoms with Gasteiger partial charge in [0, 0.05) is 43.9 Å². The van der Waals surface area contributed by atoms with Gasteiger partial charge in [-0.2, -0.15) is 0 Å². The van der Waals surface area contributed by atoms with Crippen molar-refractivity contribution < 1.29 is 22.8 Å². The van der Waals surface area contributed by atoms with Crippen LogP contribution in [0.4, 0.5) is 0 Å². The summed E-state index contributed by atoms with van der Waals surface area (Å²) < 4.78 is 27.3. The van der Waals surface area contributed by atoms with Gasteiger partial charge >= 0.3 is 0 Å². The normalized spacial score (nSPS) is 22.9. The van der Waals surface area contributed by atoms with Crippen LogP contribution in [0.15, 0.2) is 41.6 Å². The zero-order valence-electron chi connectivity index (χ0n) is 18.8. The van der Waals surface area contributed by atoms with Gasteiger partial charge in [0.1, 0.15) is 6.04 Å². The number of nitrogens with one attached hydrogen (secondary N) is 2. The predicted octanol–water partition coefficient (Wildman–Crippen LogP) is 1.11. The SMILES string of the molecule is CC(=O)N1CC[C@@H](NC(=O)C[C@@H]2C(=O)NC=CN2S(=O)(=O)c2ccc(C)cc2)C(C)(C)C1. The Labute approximate surface area is 188 Å². The highest BCUT2D eigenvalue weighted by atomic mass is 32.2. The number of nitrogens with zero attached hydrogens (tertiary/aromatic N) is 2. The van der Waals surface area contributed by atoms with Gasteiger partial charge in [0.25, 0.3) is 10.0 Å². The van der Waals surface area contributed by atoms with Crippen molar-refractivity contribution >= 4 is 27.7 Å². The molecule has 3 rings (SSSR count). The summed E-state index contributed by atoms with van der Waals surface area (Å²) in [7, 11) is -4.02. The molecule has 32 heavy (non-hydrogen) atoms. The zero-order valence-corrected chi connectivity index (χ0v) is 19.6.